The lowest BCUT2D eigenvalue weighted by Crippen LogP contribution is -2.10. The number of halogens is 3. The van der Waals surface area contributed by atoms with Gasteiger partial charge in [-0.25, -0.2) is 14.6 Å². The molecule has 0 spiro atoms. The highest BCUT2D eigenvalue weighted by molar-refractivity contribution is 9.10. The summed E-state index contributed by atoms with van der Waals surface area (Å²) in [5.74, 6) is -0.177. The van der Waals surface area contributed by atoms with Crippen LogP contribution in [-0.4, -0.2) is 39.2 Å². The number of fused-ring (bicyclic) bond motifs is 1. The van der Waals surface area contributed by atoms with E-state index in [9.17, 15) is 9.59 Å². The summed E-state index contributed by atoms with van der Waals surface area (Å²) in [6.07, 6.45) is 1.47. The SMILES string of the molecule is COc1cc(C(=O)Oc2ccc(Br)cc2/C=C2/N=C(c3sc4cc(Cl)ccc4c3Cl)OC2=O)cc(OC)c1OC. The van der Waals surface area contributed by atoms with Crippen LogP contribution >= 0.6 is 50.5 Å². The first-order valence-corrected chi connectivity index (χ1v) is 13.8. The third-order valence-electron chi connectivity index (χ3n) is 5.77. The van der Waals surface area contributed by atoms with Crippen molar-refractivity contribution in [3.05, 3.63) is 84.8 Å². The van der Waals surface area contributed by atoms with Crippen LogP contribution in [0.4, 0.5) is 0 Å². The van der Waals surface area contributed by atoms with Gasteiger partial charge in [-0.05, 0) is 48.5 Å². The van der Waals surface area contributed by atoms with Gasteiger partial charge in [-0.1, -0.05) is 45.2 Å². The minimum absolute atomic E-state index is 0.00439. The number of esters is 2. The molecule has 0 fully saturated rings. The summed E-state index contributed by atoms with van der Waals surface area (Å²) in [5.41, 5.74) is 0.571. The van der Waals surface area contributed by atoms with Crippen LogP contribution in [0.2, 0.25) is 10.0 Å². The number of hydrogen-bond acceptors (Lipinski definition) is 9. The molecule has 4 aromatic rings. The number of methoxy groups -OCH3 is 3. The number of rotatable bonds is 7. The van der Waals surface area contributed by atoms with Crippen LogP contribution in [-0.2, 0) is 9.53 Å². The van der Waals surface area contributed by atoms with E-state index in [1.54, 1.807) is 36.4 Å². The van der Waals surface area contributed by atoms with Crippen molar-refractivity contribution in [3.8, 4) is 23.0 Å². The van der Waals surface area contributed by atoms with Crippen LogP contribution < -0.4 is 18.9 Å². The standard InChI is InChI=1S/C28H18BrCl2NO7S/c1-35-20-10-14(11-21(36-2)24(20)37-3)27(33)38-19-7-4-15(29)8-13(19)9-18-28(34)39-26(32-18)25-23(31)17-6-5-16(30)12-22(17)40-25/h4-12H,1-3H3/b18-9+. The molecule has 12 heteroatoms. The van der Waals surface area contributed by atoms with Crippen LogP contribution in [0.3, 0.4) is 0 Å². The summed E-state index contributed by atoms with van der Waals surface area (Å²) >= 11 is 17.4. The Morgan fingerprint density at radius 2 is 1.70 bits per heavy atom. The molecule has 0 aliphatic carbocycles. The lowest BCUT2D eigenvalue weighted by molar-refractivity contribution is -0.129. The molecule has 40 heavy (non-hydrogen) atoms. The highest BCUT2D eigenvalue weighted by Crippen LogP contribution is 2.40. The van der Waals surface area contributed by atoms with E-state index < -0.39 is 11.9 Å². The number of cyclic esters (lactones) is 1. The van der Waals surface area contributed by atoms with Crippen molar-refractivity contribution in [1.29, 1.82) is 0 Å². The van der Waals surface area contributed by atoms with Crippen LogP contribution in [0.15, 0.2) is 63.7 Å². The first-order chi connectivity index (χ1) is 19.2. The van der Waals surface area contributed by atoms with Gasteiger partial charge in [-0.2, -0.15) is 0 Å². The van der Waals surface area contributed by atoms with Crippen LogP contribution in [0.1, 0.15) is 20.8 Å². The Bertz CT molecular complexity index is 1720. The molecular weight excluding hydrogens is 645 g/mol. The highest BCUT2D eigenvalue weighted by atomic mass is 79.9. The normalized spacial score (nSPS) is 13.8. The summed E-state index contributed by atoms with van der Waals surface area (Å²) in [6, 6.07) is 13.2. The van der Waals surface area contributed by atoms with E-state index in [0.29, 0.717) is 42.2 Å². The maximum atomic E-state index is 13.1. The number of benzene rings is 3. The Morgan fingerprint density at radius 1 is 0.975 bits per heavy atom. The van der Waals surface area contributed by atoms with E-state index >= 15 is 0 Å². The second-order valence-corrected chi connectivity index (χ2v) is 11.0. The van der Waals surface area contributed by atoms with E-state index in [0.717, 1.165) is 10.1 Å². The summed E-state index contributed by atoms with van der Waals surface area (Å²) in [5, 5.41) is 1.74. The molecule has 1 aliphatic heterocycles. The van der Waals surface area contributed by atoms with Crippen molar-refractivity contribution in [2.75, 3.05) is 21.3 Å². The first kappa shape index (κ1) is 28.0. The topological polar surface area (TPSA) is 92.7 Å². The minimum atomic E-state index is -0.685. The molecule has 1 aliphatic rings. The number of hydrogen-bond donors (Lipinski definition) is 0. The van der Waals surface area contributed by atoms with E-state index in [4.69, 9.17) is 46.9 Å². The zero-order valence-corrected chi connectivity index (χ0v) is 25.0. The lowest BCUT2D eigenvalue weighted by Gasteiger charge is -2.14. The predicted molar refractivity (Wildman–Crippen MR) is 158 cm³/mol. The van der Waals surface area contributed by atoms with Gasteiger partial charge in [0.2, 0.25) is 11.6 Å². The van der Waals surface area contributed by atoms with Gasteiger partial charge in [-0.3, -0.25) is 0 Å². The number of carbonyl (C=O) groups excluding carboxylic acids is 2. The van der Waals surface area contributed by atoms with Crippen molar-refractivity contribution in [2.24, 2.45) is 4.99 Å². The maximum Gasteiger partial charge on any atom is 0.363 e. The lowest BCUT2D eigenvalue weighted by atomic mass is 10.1. The van der Waals surface area contributed by atoms with Crippen LogP contribution in [0, 0.1) is 0 Å². The molecule has 8 nitrogen and oxygen atoms in total. The molecule has 5 rings (SSSR count). The van der Waals surface area contributed by atoms with Gasteiger partial charge in [0.25, 0.3) is 0 Å². The van der Waals surface area contributed by atoms with E-state index in [2.05, 4.69) is 20.9 Å². The average molecular weight is 663 g/mol. The van der Waals surface area contributed by atoms with Crippen molar-refractivity contribution in [2.45, 2.75) is 0 Å². The van der Waals surface area contributed by atoms with Gasteiger partial charge < -0.3 is 23.7 Å². The smallest absolute Gasteiger partial charge is 0.363 e. The van der Waals surface area contributed by atoms with E-state index in [-0.39, 0.29) is 22.9 Å². The van der Waals surface area contributed by atoms with Crippen molar-refractivity contribution < 1.29 is 33.3 Å². The predicted octanol–water partition coefficient (Wildman–Crippen LogP) is 7.56. The molecule has 1 aromatic heterocycles. The largest absolute Gasteiger partial charge is 0.493 e. The molecular formula is C28H18BrCl2NO7S. The average Bonchev–Trinajstić information content (AvgIpc) is 3.47. The second kappa shape index (κ2) is 11.5. The molecule has 0 amide bonds. The third kappa shape index (κ3) is 5.40. The van der Waals surface area contributed by atoms with Gasteiger partial charge in [-0.15, -0.1) is 11.3 Å². The van der Waals surface area contributed by atoms with Gasteiger partial charge in [0.05, 0.1) is 31.9 Å². The molecule has 0 unspecified atom stereocenters. The third-order valence-corrected chi connectivity index (χ3v) is 8.15. The van der Waals surface area contributed by atoms with Gasteiger partial charge in [0.1, 0.15) is 10.6 Å². The highest BCUT2D eigenvalue weighted by Gasteiger charge is 2.29. The summed E-state index contributed by atoms with van der Waals surface area (Å²) in [4.78, 5) is 30.8. The Morgan fingerprint density at radius 3 is 2.38 bits per heavy atom. The van der Waals surface area contributed by atoms with Crippen molar-refractivity contribution in [3.63, 3.8) is 0 Å². The fourth-order valence-corrected chi connectivity index (χ4v) is 6.01. The summed E-state index contributed by atoms with van der Waals surface area (Å²) in [6.45, 7) is 0. The number of thiophene rings is 1. The molecule has 0 radical (unpaired) electrons. The Hall–Kier alpha value is -3.57. The zero-order chi connectivity index (χ0) is 28.6. The molecule has 0 saturated heterocycles. The maximum absolute atomic E-state index is 13.1. The Labute approximate surface area is 250 Å². The molecule has 3 aromatic carbocycles. The first-order valence-electron chi connectivity index (χ1n) is 11.4. The number of carbonyl (C=O) groups is 2. The number of ether oxygens (including phenoxy) is 5. The molecule has 0 bridgehead atoms. The molecule has 0 saturated carbocycles. The van der Waals surface area contributed by atoms with Crippen LogP contribution in [0.25, 0.3) is 16.2 Å². The molecule has 0 N–H and O–H groups in total. The number of nitrogens with zero attached hydrogens (tertiary/aromatic N) is 1. The molecule has 0 atom stereocenters. The molecule has 2 heterocycles. The minimum Gasteiger partial charge on any atom is -0.493 e. The monoisotopic (exact) mass is 661 g/mol. The second-order valence-electron chi connectivity index (χ2n) is 8.21. The fourth-order valence-electron chi connectivity index (χ4n) is 3.91. The van der Waals surface area contributed by atoms with E-state index in [1.807, 2.05) is 0 Å². The van der Waals surface area contributed by atoms with E-state index in [1.165, 1.54) is 50.9 Å². The van der Waals surface area contributed by atoms with Gasteiger partial charge in [0.15, 0.2) is 17.2 Å². The quantitative estimate of drug-likeness (QED) is 0.115. The molecule has 204 valence electrons. The number of aliphatic imine (C=N–C) groups is 1. The Kier molecular flexibility index (Phi) is 8.04. The Balaban J connectivity index is 1.49. The van der Waals surface area contributed by atoms with Crippen LogP contribution in [0.5, 0.6) is 23.0 Å². The summed E-state index contributed by atoms with van der Waals surface area (Å²) < 4.78 is 28.6. The van der Waals surface area contributed by atoms with Gasteiger partial charge in [0, 0.05) is 25.1 Å². The van der Waals surface area contributed by atoms with Crippen molar-refractivity contribution in [1.82, 2.24) is 0 Å². The zero-order valence-electron chi connectivity index (χ0n) is 21.0. The fraction of sp³-hybridized carbons (Fsp3) is 0.107. The van der Waals surface area contributed by atoms with Gasteiger partial charge >= 0.3 is 11.9 Å². The summed E-state index contributed by atoms with van der Waals surface area (Å²) in [7, 11) is 4.36. The van der Waals surface area contributed by atoms with Crippen molar-refractivity contribution >= 4 is 84.5 Å².